The number of halogens is 1. The van der Waals surface area contributed by atoms with Gasteiger partial charge in [0.1, 0.15) is 0 Å². The number of nitrogens with one attached hydrogen (secondary N) is 2. The highest BCUT2D eigenvalue weighted by atomic mass is 35.5. The Hall–Kier alpha value is -3.68. The highest BCUT2D eigenvalue weighted by molar-refractivity contribution is 7.14. The number of carbonyl (C=O) groups is 2. The minimum Gasteiger partial charge on any atom is -0.455 e. The zero-order chi connectivity index (χ0) is 24.5. The molecule has 2 N–H and O–H groups in total. The van der Waals surface area contributed by atoms with E-state index in [4.69, 9.17) is 16.3 Å². The number of hydrogen-bond donors (Lipinski definition) is 2. The number of aryl methyl sites for hydroxylation is 1. The smallest absolute Gasteiger partial charge is 0.313 e. The first kappa shape index (κ1) is 23.1. The van der Waals surface area contributed by atoms with E-state index in [0.717, 1.165) is 38.6 Å². The third-order valence-corrected chi connectivity index (χ3v) is 6.87. The van der Waals surface area contributed by atoms with Crippen LogP contribution in [0.25, 0.3) is 33.1 Å². The van der Waals surface area contributed by atoms with Crippen molar-refractivity contribution in [1.29, 1.82) is 0 Å². The maximum Gasteiger partial charge on any atom is 0.313 e. The number of nitrogens with zero attached hydrogens (tertiary/aromatic N) is 1. The zero-order valence-corrected chi connectivity index (χ0v) is 20.7. The molecule has 1 amide bonds. The Morgan fingerprint density at radius 3 is 2.66 bits per heavy atom. The third-order valence-electron chi connectivity index (χ3n) is 5.88. The molecule has 8 heteroatoms. The Bertz CT molecular complexity index is 1560. The first-order valence-corrected chi connectivity index (χ1v) is 12.3. The molecule has 0 fully saturated rings. The van der Waals surface area contributed by atoms with Crippen molar-refractivity contribution in [2.75, 3.05) is 11.9 Å². The molecule has 1 atom stereocenters. The number of H-pyrrole nitrogens is 1. The van der Waals surface area contributed by atoms with E-state index in [2.05, 4.69) is 15.3 Å². The molecule has 3 aromatic carbocycles. The number of amides is 1. The number of hydrogen-bond acceptors (Lipinski definition) is 5. The highest BCUT2D eigenvalue weighted by Gasteiger charge is 2.20. The van der Waals surface area contributed by atoms with E-state index in [1.165, 1.54) is 16.9 Å². The number of fused-ring (bicyclic) bond motifs is 3. The number of aromatic nitrogens is 2. The lowest BCUT2D eigenvalue weighted by Gasteiger charge is -2.12. The molecule has 2 aromatic heterocycles. The van der Waals surface area contributed by atoms with Crippen LogP contribution in [0.1, 0.15) is 24.0 Å². The van der Waals surface area contributed by atoms with Crippen molar-refractivity contribution < 1.29 is 14.3 Å². The number of benzene rings is 3. The number of carbonyl (C=O) groups excluding carboxylic acids is 2. The lowest BCUT2D eigenvalue weighted by atomic mass is 9.99. The molecule has 0 saturated heterocycles. The molecular formula is C27H22ClN3O3S. The molecule has 0 spiro atoms. The summed E-state index contributed by atoms with van der Waals surface area (Å²) in [5.41, 5.74) is 5.60. The molecular weight excluding hydrogens is 482 g/mol. The van der Waals surface area contributed by atoms with Crippen LogP contribution in [0.2, 0.25) is 5.02 Å². The van der Waals surface area contributed by atoms with Crippen LogP contribution in [0, 0.1) is 6.92 Å². The summed E-state index contributed by atoms with van der Waals surface area (Å²) in [6, 6.07) is 19.5. The minimum absolute atomic E-state index is 0.379. The van der Waals surface area contributed by atoms with Crippen LogP contribution < -0.4 is 5.32 Å². The van der Waals surface area contributed by atoms with Gasteiger partial charge in [-0.3, -0.25) is 14.9 Å². The van der Waals surface area contributed by atoms with Crippen molar-refractivity contribution in [2.24, 2.45) is 0 Å². The summed E-state index contributed by atoms with van der Waals surface area (Å²) in [6.07, 6.45) is 0. The van der Waals surface area contributed by atoms with Crippen LogP contribution >= 0.6 is 22.9 Å². The molecule has 0 aliphatic heterocycles. The minimum atomic E-state index is -0.532. The molecule has 0 radical (unpaired) electrons. The van der Waals surface area contributed by atoms with Gasteiger partial charge in [0.25, 0.3) is 5.91 Å². The van der Waals surface area contributed by atoms with Crippen molar-refractivity contribution in [3.63, 3.8) is 0 Å². The second-order valence-electron chi connectivity index (χ2n) is 8.40. The van der Waals surface area contributed by atoms with E-state index in [-0.39, 0.29) is 6.61 Å². The average molecular weight is 504 g/mol. The fourth-order valence-corrected chi connectivity index (χ4v) is 4.81. The summed E-state index contributed by atoms with van der Waals surface area (Å²) in [6.45, 7) is 3.40. The van der Waals surface area contributed by atoms with Crippen LogP contribution in [0.5, 0.6) is 0 Å². The number of anilines is 1. The lowest BCUT2D eigenvalue weighted by molar-refractivity contribution is -0.148. The quantitative estimate of drug-likeness (QED) is 0.253. The van der Waals surface area contributed by atoms with Gasteiger partial charge in [-0.2, -0.15) is 0 Å². The summed E-state index contributed by atoms with van der Waals surface area (Å²) < 4.78 is 5.28. The van der Waals surface area contributed by atoms with Crippen LogP contribution in [0.15, 0.2) is 66.0 Å². The molecule has 0 bridgehead atoms. The monoisotopic (exact) mass is 503 g/mol. The molecule has 2 heterocycles. The van der Waals surface area contributed by atoms with Crippen molar-refractivity contribution in [1.82, 2.24) is 9.97 Å². The molecule has 35 heavy (non-hydrogen) atoms. The first-order chi connectivity index (χ1) is 16.9. The van der Waals surface area contributed by atoms with Gasteiger partial charge in [0.15, 0.2) is 11.7 Å². The molecule has 0 aliphatic carbocycles. The van der Waals surface area contributed by atoms with Gasteiger partial charge in [-0.15, -0.1) is 11.3 Å². The summed E-state index contributed by atoms with van der Waals surface area (Å²) in [5, 5.41) is 7.75. The van der Waals surface area contributed by atoms with Gasteiger partial charge in [-0.25, -0.2) is 4.98 Å². The highest BCUT2D eigenvalue weighted by Crippen LogP contribution is 2.30. The Morgan fingerprint density at radius 2 is 1.86 bits per heavy atom. The Morgan fingerprint density at radius 1 is 1.06 bits per heavy atom. The number of aromatic amines is 1. The van der Waals surface area contributed by atoms with Gasteiger partial charge in [0.05, 0.1) is 11.6 Å². The molecule has 5 aromatic rings. The second-order valence-corrected chi connectivity index (χ2v) is 9.70. The van der Waals surface area contributed by atoms with Crippen molar-refractivity contribution >= 4 is 61.8 Å². The van der Waals surface area contributed by atoms with Crippen molar-refractivity contribution in [3.05, 3.63) is 82.2 Å². The number of esters is 1. The Kier molecular flexibility index (Phi) is 6.28. The van der Waals surface area contributed by atoms with Gasteiger partial charge < -0.3 is 9.72 Å². The Balaban J connectivity index is 1.20. The van der Waals surface area contributed by atoms with E-state index in [0.29, 0.717) is 10.2 Å². The third kappa shape index (κ3) is 4.92. The summed E-state index contributed by atoms with van der Waals surface area (Å²) in [7, 11) is 0. The Labute approximate surface area is 210 Å². The molecule has 6 nitrogen and oxygen atoms in total. The largest absolute Gasteiger partial charge is 0.455 e. The fraction of sp³-hybridized carbons (Fsp3) is 0.148. The number of thiazole rings is 1. The number of rotatable bonds is 6. The molecule has 176 valence electrons. The topological polar surface area (TPSA) is 84.1 Å². The van der Waals surface area contributed by atoms with Crippen molar-refractivity contribution in [3.8, 4) is 11.3 Å². The van der Waals surface area contributed by atoms with Gasteiger partial charge in [0.2, 0.25) is 0 Å². The molecule has 5 rings (SSSR count). The van der Waals surface area contributed by atoms with Gasteiger partial charge in [-0.05, 0) is 43.7 Å². The normalized spacial score (nSPS) is 12.1. The van der Waals surface area contributed by atoms with E-state index in [9.17, 15) is 9.59 Å². The second kappa shape index (κ2) is 9.52. The first-order valence-electron chi connectivity index (χ1n) is 11.1. The summed E-state index contributed by atoms with van der Waals surface area (Å²) in [5.74, 6) is -1.44. The average Bonchev–Trinajstić information content (AvgIpc) is 3.46. The molecule has 1 unspecified atom stereocenters. The molecule has 0 saturated carbocycles. The number of ether oxygens (including phenoxy) is 1. The van der Waals surface area contributed by atoms with E-state index >= 15 is 0 Å². The van der Waals surface area contributed by atoms with E-state index in [1.54, 1.807) is 6.92 Å². The standard InChI is InChI=1S/C27H22ClN3O3S/c1-15-3-5-17(6-4-15)24-14-35-27(30-24)31-25(32)13-34-26(33)16(2)18-7-9-20-21-12-19(28)8-10-22(21)29-23(20)11-18/h3-12,14,16,29H,13H2,1-2H3,(H,30,31,32). The van der Waals surface area contributed by atoms with E-state index < -0.39 is 17.8 Å². The van der Waals surface area contributed by atoms with Gasteiger partial charge in [-0.1, -0.05) is 53.6 Å². The van der Waals surface area contributed by atoms with Crippen LogP contribution in [0.4, 0.5) is 5.13 Å². The maximum absolute atomic E-state index is 12.6. The van der Waals surface area contributed by atoms with Gasteiger partial charge >= 0.3 is 5.97 Å². The SMILES string of the molecule is Cc1ccc(-c2csc(NC(=O)COC(=O)C(C)c3ccc4c(c3)[nH]c3ccc(Cl)cc34)n2)cc1. The maximum atomic E-state index is 12.6. The predicted octanol–water partition coefficient (Wildman–Crippen LogP) is 6.69. The summed E-state index contributed by atoms with van der Waals surface area (Å²) in [4.78, 5) is 32.8. The lowest BCUT2D eigenvalue weighted by Crippen LogP contribution is -2.23. The predicted molar refractivity (Wildman–Crippen MR) is 141 cm³/mol. The van der Waals surface area contributed by atoms with E-state index in [1.807, 2.05) is 73.0 Å². The van der Waals surface area contributed by atoms with Crippen LogP contribution in [-0.4, -0.2) is 28.5 Å². The fourth-order valence-electron chi connectivity index (χ4n) is 3.90. The zero-order valence-electron chi connectivity index (χ0n) is 19.1. The van der Waals surface area contributed by atoms with Gasteiger partial charge in [0, 0.05) is 37.8 Å². The molecule has 0 aliphatic rings. The van der Waals surface area contributed by atoms with Crippen LogP contribution in [0.3, 0.4) is 0 Å². The van der Waals surface area contributed by atoms with Crippen LogP contribution in [-0.2, 0) is 14.3 Å². The van der Waals surface area contributed by atoms with Crippen molar-refractivity contribution in [2.45, 2.75) is 19.8 Å². The summed E-state index contributed by atoms with van der Waals surface area (Å²) >= 11 is 7.46.